The van der Waals surface area contributed by atoms with Crippen LogP contribution in [-0.2, 0) is 0 Å². The van der Waals surface area contributed by atoms with Crippen molar-refractivity contribution in [1.29, 1.82) is 0 Å². The molecule has 4 heteroatoms. The lowest BCUT2D eigenvalue weighted by molar-refractivity contribution is 0.0923. The average molecular weight is 314 g/mol. The molecule has 18 heavy (non-hydrogen) atoms. The van der Waals surface area contributed by atoms with Gasteiger partial charge < -0.3 is 5.32 Å². The van der Waals surface area contributed by atoms with Crippen LogP contribution in [0.5, 0.6) is 0 Å². The fourth-order valence-corrected chi connectivity index (χ4v) is 2.65. The summed E-state index contributed by atoms with van der Waals surface area (Å²) in [6.45, 7) is 1.66. The van der Waals surface area contributed by atoms with Crippen LogP contribution in [-0.4, -0.2) is 11.9 Å². The van der Waals surface area contributed by atoms with E-state index in [0.717, 1.165) is 25.7 Å². The molecule has 2 nitrogen and oxygen atoms in total. The number of carbonyl (C=O) groups excluding carboxylic acids is 1. The minimum absolute atomic E-state index is 0.140. The number of halogens is 2. The Labute approximate surface area is 115 Å². The third kappa shape index (κ3) is 2.91. The molecule has 98 valence electrons. The molecule has 1 aliphatic carbocycles. The van der Waals surface area contributed by atoms with Gasteiger partial charge in [-0.15, -0.1) is 0 Å². The Morgan fingerprint density at radius 3 is 2.67 bits per heavy atom. The molecule has 1 aromatic carbocycles. The highest BCUT2D eigenvalue weighted by Crippen LogP contribution is 2.23. The first-order valence-electron chi connectivity index (χ1n) is 6.35. The minimum atomic E-state index is -0.433. The van der Waals surface area contributed by atoms with Gasteiger partial charge in [-0.2, -0.15) is 0 Å². The standard InChI is InChI=1S/C14H17BrFNO/c1-9-12(15)8-7-11(13(9)16)14(18)17-10-5-3-2-4-6-10/h7-8,10H,2-6H2,1H3,(H,17,18). The lowest BCUT2D eigenvalue weighted by atomic mass is 9.95. The molecular formula is C14H17BrFNO. The van der Waals surface area contributed by atoms with Crippen molar-refractivity contribution in [2.75, 3.05) is 0 Å². The predicted octanol–water partition coefficient (Wildman–Crippen LogP) is 3.96. The Bertz CT molecular complexity index is 455. The average Bonchev–Trinajstić information content (AvgIpc) is 2.37. The smallest absolute Gasteiger partial charge is 0.254 e. The third-order valence-electron chi connectivity index (χ3n) is 3.51. The fraction of sp³-hybridized carbons (Fsp3) is 0.500. The number of hydrogen-bond donors (Lipinski definition) is 1. The highest BCUT2D eigenvalue weighted by atomic mass is 79.9. The molecule has 0 saturated heterocycles. The van der Waals surface area contributed by atoms with Crippen LogP contribution >= 0.6 is 15.9 Å². The number of hydrogen-bond acceptors (Lipinski definition) is 1. The van der Waals surface area contributed by atoms with E-state index in [0.29, 0.717) is 10.0 Å². The van der Waals surface area contributed by atoms with E-state index in [1.54, 1.807) is 13.0 Å². The molecule has 1 N–H and O–H groups in total. The van der Waals surface area contributed by atoms with E-state index < -0.39 is 5.82 Å². The van der Waals surface area contributed by atoms with Crippen molar-refractivity contribution in [1.82, 2.24) is 5.32 Å². The Morgan fingerprint density at radius 2 is 2.00 bits per heavy atom. The SMILES string of the molecule is Cc1c(Br)ccc(C(=O)NC2CCCCC2)c1F. The van der Waals surface area contributed by atoms with Crippen LogP contribution in [0.15, 0.2) is 16.6 Å². The number of rotatable bonds is 2. The number of nitrogens with one attached hydrogen (secondary N) is 1. The summed E-state index contributed by atoms with van der Waals surface area (Å²) >= 11 is 3.26. The Kier molecular flexibility index (Phi) is 4.38. The summed E-state index contributed by atoms with van der Waals surface area (Å²) in [5.41, 5.74) is 0.618. The van der Waals surface area contributed by atoms with E-state index in [9.17, 15) is 9.18 Å². The Balaban J connectivity index is 2.11. The highest BCUT2D eigenvalue weighted by molar-refractivity contribution is 9.10. The molecule has 0 bridgehead atoms. The monoisotopic (exact) mass is 313 g/mol. The van der Waals surface area contributed by atoms with E-state index in [-0.39, 0.29) is 17.5 Å². The first-order chi connectivity index (χ1) is 8.59. The summed E-state index contributed by atoms with van der Waals surface area (Å²) in [6, 6.07) is 3.45. The van der Waals surface area contributed by atoms with Crippen molar-refractivity contribution in [2.24, 2.45) is 0 Å². The molecule has 0 aromatic heterocycles. The van der Waals surface area contributed by atoms with Gasteiger partial charge in [-0.3, -0.25) is 4.79 Å². The zero-order chi connectivity index (χ0) is 13.1. The molecule has 0 atom stereocenters. The number of amides is 1. The molecule has 0 heterocycles. The van der Waals surface area contributed by atoms with E-state index in [1.165, 1.54) is 12.5 Å². The normalized spacial score (nSPS) is 16.6. The molecule has 1 amide bonds. The molecule has 0 spiro atoms. The molecule has 2 rings (SSSR count). The molecule has 1 aromatic rings. The fourth-order valence-electron chi connectivity index (χ4n) is 2.35. The van der Waals surface area contributed by atoms with Crippen LogP contribution in [0.25, 0.3) is 0 Å². The molecular weight excluding hydrogens is 297 g/mol. The lowest BCUT2D eigenvalue weighted by Crippen LogP contribution is -2.36. The van der Waals surface area contributed by atoms with E-state index in [2.05, 4.69) is 21.2 Å². The van der Waals surface area contributed by atoms with Gasteiger partial charge in [0.2, 0.25) is 0 Å². The maximum absolute atomic E-state index is 14.0. The van der Waals surface area contributed by atoms with Crippen LogP contribution in [0, 0.1) is 12.7 Å². The molecule has 1 saturated carbocycles. The maximum Gasteiger partial charge on any atom is 0.254 e. The van der Waals surface area contributed by atoms with Crippen molar-refractivity contribution < 1.29 is 9.18 Å². The third-order valence-corrected chi connectivity index (χ3v) is 4.36. The van der Waals surface area contributed by atoms with Crippen molar-refractivity contribution in [3.8, 4) is 0 Å². The summed E-state index contributed by atoms with van der Waals surface area (Å²) in [5.74, 6) is -0.729. The van der Waals surface area contributed by atoms with Gasteiger partial charge >= 0.3 is 0 Å². The van der Waals surface area contributed by atoms with Gasteiger partial charge in [0.05, 0.1) is 5.56 Å². The topological polar surface area (TPSA) is 29.1 Å². The summed E-state index contributed by atoms with van der Waals surface area (Å²) in [5, 5.41) is 2.93. The van der Waals surface area contributed by atoms with Crippen molar-refractivity contribution in [2.45, 2.75) is 45.1 Å². The maximum atomic E-state index is 14.0. The van der Waals surface area contributed by atoms with Gasteiger partial charge in [0, 0.05) is 10.5 Å². The summed E-state index contributed by atoms with van der Waals surface area (Å²) in [7, 11) is 0. The number of benzene rings is 1. The van der Waals surface area contributed by atoms with Crippen LogP contribution < -0.4 is 5.32 Å². The second kappa shape index (κ2) is 5.83. The summed E-state index contributed by atoms with van der Waals surface area (Å²) < 4.78 is 14.7. The largest absolute Gasteiger partial charge is 0.349 e. The predicted molar refractivity (Wildman–Crippen MR) is 73.2 cm³/mol. The van der Waals surface area contributed by atoms with Gasteiger partial charge in [-0.05, 0) is 37.5 Å². The van der Waals surface area contributed by atoms with E-state index in [4.69, 9.17) is 0 Å². The highest BCUT2D eigenvalue weighted by Gasteiger charge is 2.20. The zero-order valence-corrected chi connectivity index (χ0v) is 12.0. The van der Waals surface area contributed by atoms with E-state index in [1.807, 2.05) is 0 Å². The molecule has 1 aliphatic rings. The Morgan fingerprint density at radius 1 is 1.33 bits per heavy atom. The van der Waals surface area contributed by atoms with Crippen LogP contribution in [0.2, 0.25) is 0 Å². The molecule has 1 fully saturated rings. The van der Waals surface area contributed by atoms with Crippen LogP contribution in [0.1, 0.15) is 48.0 Å². The van der Waals surface area contributed by atoms with Gasteiger partial charge in [0.25, 0.3) is 5.91 Å². The minimum Gasteiger partial charge on any atom is -0.349 e. The van der Waals surface area contributed by atoms with Crippen LogP contribution in [0.4, 0.5) is 4.39 Å². The lowest BCUT2D eigenvalue weighted by Gasteiger charge is -2.23. The van der Waals surface area contributed by atoms with Crippen molar-refractivity contribution >= 4 is 21.8 Å². The number of carbonyl (C=O) groups is 1. The van der Waals surface area contributed by atoms with Gasteiger partial charge in [0.1, 0.15) is 5.82 Å². The van der Waals surface area contributed by atoms with Crippen molar-refractivity contribution in [3.05, 3.63) is 33.5 Å². The van der Waals surface area contributed by atoms with E-state index >= 15 is 0 Å². The van der Waals surface area contributed by atoms with Crippen molar-refractivity contribution in [3.63, 3.8) is 0 Å². The summed E-state index contributed by atoms with van der Waals surface area (Å²) in [4.78, 5) is 12.0. The summed E-state index contributed by atoms with van der Waals surface area (Å²) in [6.07, 6.45) is 5.53. The van der Waals surface area contributed by atoms with Gasteiger partial charge in [0.15, 0.2) is 0 Å². The molecule has 0 radical (unpaired) electrons. The van der Waals surface area contributed by atoms with Gasteiger partial charge in [-0.1, -0.05) is 35.2 Å². The first kappa shape index (κ1) is 13.5. The Hall–Kier alpha value is -0.900. The van der Waals surface area contributed by atoms with Gasteiger partial charge in [-0.25, -0.2) is 4.39 Å². The quantitative estimate of drug-likeness (QED) is 0.879. The molecule has 0 unspecified atom stereocenters. The van der Waals surface area contributed by atoms with Crippen LogP contribution in [0.3, 0.4) is 0 Å². The molecule has 0 aliphatic heterocycles. The zero-order valence-electron chi connectivity index (χ0n) is 10.4. The second-order valence-electron chi connectivity index (χ2n) is 4.84. The second-order valence-corrected chi connectivity index (χ2v) is 5.70. The first-order valence-corrected chi connectivity index (χ1v) is 7.14.